The molecule has 0 radical (unpaired) electrons. The molecule has 0 aliphatic heterocycles. The molecule has 0 aromatic carbocycles. The molecule has 3 unspecified atom stereocenters. The molecule has 32 heavy (non-hydrogen) atoms. The van der Waals surface area contributed by atoms with Gasteiger partial charge in [-0.05, 0) is 38.5 Å². The second-order valence-electron chi connectivity index (χ2n) is 10.1. The fraction of sp³-hybridized carbons (Fsp3) is 0.929. The number of hydrogen-bond donors (Lipinski definition) is 1. The van der Waals surface area contributed by atoms with Crippen LogP contribution in [0.25, 0.3) is 0 Å². The molecule has 0 aromatic heterocycles. The lowest BCUT2D eigenvalue weighted by Gasteiger charge is -2.29. The largest absolute Gasteiger partial charge is 0.481 e. The standard InChI is InChI=1S/C28H52O4/c1-3-5-7-9-11-13-15-17-21-24(20-16-14-12-10-8-6-4-2)32-28(31)26-23-19-18-22-25(26)27(29)30/h24-26H,3-23H2,1-2H3,(H,29,30). The van der Waals surface area contributed by atoms with Crippen molar-refractivity contribution in [1.29, 1.82) is 0 Å². The summed E-state index contributed by atoms with van der Waals surface area (Å²) in [5.41, 5.74) is 0. The molecule has 0 spiro atoms. The highest BCUT2D eigenvalue weighted by Crippen LogP contribution is 2.32. The number of carbonyl (C=O) groups excluding carboxylic acids is 1. The molecule has 0 saturated heterocycles. The minimum Gasteiger partial charge on any atom is -0.481 e. The normalized spacial score (nSPS) is 19.6. The van der Waals surface area contributed by atoms with Gasteiger partial charge in [-0.25, -0.2) is 0 Å². The summed E-state index contributed by atoms with van der Waals surface area (Å²) in [6, 6.07) is 0. The first-order valence-electron chi connectivity index (χ1n) is 14.0. The lowest BCUT2D eigenvalue weighted by atomic mass is 9.79. The van der Waals surface area contributed by atoms with E-state index in [1.807, 2.05) is 0 Å². The molecule has 0 aromatic rings. The summed E-state index contributed by atoms with van der Waals surface area (Å²) in [6.07, 6.45) is 23.9. The van der Waals surface area contributed by atoms with E-state index in [1.54, 1.807) is 0 Å². The van der Waals surface area contributed by atoms with E-state index in [9.17, 15) is 14.7 Å². The summed E-state index contributed by atoms with van der Waals surface area (Å²) >= 11 is 0. The number of aliphatic carboxylic acids is 1. The van der Waals surface area contributed by atoms with Gasteiger partial charge in [-0.2, -0.15) is 0 Å². The molecule has 4 heteroatoms. The second-order valence-corrected chi connectivity index (χ2v) is 10.1. The van der Waals surface area contributed by atoms with Gasteiger partial charge in [0, 0.05) is 0 Å². The topological polar surface area (TPSA) is 63.6 Å². The number of rotatable bonds is 20. The maximum Gasteiger partial charge on any atom is 0.310 e. The van der Waals surface area contributed by atoms with Gasteiger partial charge in [0.2, 0.25) is 0 Å². The fourth-order valence-electron chi connectivity index (χ4n) is 5.06. The van der Waals surface area contributed by atoms with Crippen molar-refractivity contribution in [2.24, 2.45) is 11.8 Å². The Bertz CT molecular complexity index is 476. The molecular formula is C28H52O4. The summed E-state index contributed by atoms with van der Waals surface area (Å²) in [7, 11) is 0. The van der Waals surface area contributed by atoms with Crippen molar-refractivity contribution in [1.82, 2.24) is 0 Å². The van der Waals surface area contributed by atoms with E-state index in [4.69, 9.17) is 4.74 Å². The van der Waals surface area contributed by atoms with E-state index in [-0.39, 0.29) is 12.1 Å². The van der Waals surface area contributed by atoms with Gasteiger partial charge in [-0.15, -0.1) is 0 Å². The molecule has 0 bridgehead atoms. The monoisotopic (exact) mass is 452 g/mol. The molecule has 4 nitrogen and oxygen atoms in total. The average Bonchev–Trinajstić information content (AvgIpc) is 2.79. The summed E-state index contributed by atoms with van der Waals surface area (Å²) < 4.78 is 5.97. The first-order valence-corrected chi connectivity index (χ1v) is 14.0. The van der Waals surface area contributed by atoms with E-state index in [2.05, 4.69) is 13.8 Å². The highest BCUT2D eigenvalue weighted by atomic mass is 16.5. The van der Waals surface area contributed by atoms with Crippen molar-refractivity contribution in [2.75, 3.05) is 0 Å². The minimum atomic E-state index is -0.835. The smallest absolute Gasteiger partial charge is 0.310 e. The van der Waals surface area contributed by atoms with Crippen LogP contribution < -0.4 is 0 Å². The molecule has 3 atom stereocenters. The maximum atomic E-state index is 12.9. The summed E-state index contributed by atoms with van der Waals surface area (Å²) in [4.78, 5) is 24.5. The maximum absolute atomic E-state index is 12.9. The van der Waals surface area contributed by atoms with Crippen molar-refractivity contribution >= 4 is 11.9 Å². The van der Waals surface area contributed by atoms with Crippen LogP contribution in [0.5, 0.6) is 0 Å². The zero-order valence-corrected chi connectivity index (χ0v) is 21.3. The summed E-state index contributed by atoms with van der Waals surface area (Å²) in [6.45, 7) is 4.49. The predicted molar refractivity (Wildman–Crippen MR) is 133 cm³/mol. The number of unbranched alkanes of at least 4 members (excludes halogenated alkanes) is 13. The Morgan fingerprint density at radius 2 is 1.09 bits per heavy atom. The fourth-order valence-corrected chi connectivity index (χ4v) is 5.06. The van der Waals surface area contributed by atoms with Crippen LogP contribution >= 0.6 is 0 Å². The Morgan fingerprint density at radius 1 is 0.688 bits per heavy atom. The first-order chi connectivity index (χ1) is 15.6. The first kappa shape index (κ1) is 29.0. The van der Waals surface area contributed by atoms with Crippen LogP contribution in [0.4, 0.5) is 0 Å². The predicted octanol–water partition coefficient (Wildman–Crippen LogP) is 8.46. The molecule has 1 aliphatic carbocycles. The van der Waals surface area contributed by atoms with Crippen molar-refractivity contribution < 1.29 is 19.4 Å². The van der Waals surface area contributed by atoms with Gasteiger partial charge in [0.25, 0.3) is 0 Å². The lowest BCUT2D eigenvalue weighted by Crippen LogP contribution is -2.35. The lowest BCUT2D eigenvalue weighted by molar-refractivity contribution is -0.164. The molecule has 1 aliphatic rings. The van der Waals surface area contributed by atoms with E-state index >= 15 is 0 Å². The number of carboxylic acid groups (broad SMARTS) is 1. The Labute approximate surface area is 198 Å². The van der Waals surface area contributed by atoms with E-state index in [1.165, 1.54) is 83.5 Å². The number of carboxylic acids is 1. The third kappa shape index (κ3) is 13.5. The van der Waals surface area contributed by atoms with Gasteiger partial charge >= 0.3 is 11.9 Å². The van der Waals surface area contributed by atoms with Crippen LogP contribution in [-0.4, -0.2) is 23.1 Å². The van der Waals surface area contributed by atoms with E-state index in [0.29, 0.717) is 12.8 Å². The third-order valence-corrected chi connectivity index (χ3v) is 7.18. The molecule has 1 N–H and O–H groups in total. The molecule has 0 amide bonds. The number of esters is 1. The van der Waals surface area contributed by atoms with Crippen molar-refractivity contribution in [3.8, 4) is 0 Å². The Morgan fingerprint density at radius 3 is 1.53 bits per heavy atom. The SMILES string of the molecule is CCCCCCCCCCC(CCCCCCCCC)OC(=O)C1CCCCC1C(=O)O. The van der Waals surface area contributed by atoms with Crippen LogP contribution in [0, 0.1) is 11.8 Å². The van der Waals surface area contributed by atoms with Crippen molar-refractivity contribution in [3.05, 3.63) is 0 Å². The van der Waals surface area contributed by atoms with Crippen molar-refractivity contribution in [3.63, 3.8) is 0 Å². The molecule has 1 fully saturated rings. The molecule has 188 valence electrons. The Hall–Kier alpha value is -1.06. The third-order valence-electron chi connectivity index (χ3n) is 7.18. The van der Waals surface area contributed by atoms with Gasteiger partial charge in [0.15, 0.2) is 0 Å². The van der Waals surface area contributed by atoms with Crippen LogP contribution in [0.3, 0.4) is 0 Å². The van der Waals surface area contributed by atoms with Crippen LogP contribution in [0.2, 0.25) is 0 Å². The van der Waals surface area contributed by atoms with Gasteiger partial charge in [0.1, 0.15) is 6.10 Å². The Kier molecular flexibility index (Phi) is 17.6. The Balaban J connectivity index is 2.42. The summed E-state index contributed by atoms with van der Waals surface area (Å²) in [5.74, 6) is -2.09. The van der Waals surface area contributed by atoms with Gasteiger partial charge in [0.05, 0.1) is 11.8 Å². The van der Waals surface area contributed by atoms with E-state index < -0.39 is 17.8 Å². The van der Waals surface area contributed by atoms with Crippen LogP contribution in [0.1, 0.15) is 149 Å². The molecule has 1 rings (SSSR count). The number of carbonyl (C=O) groups is 2. The van der Waals surface area contributed by atoms with Crippen molar-refractivity contribution in [2.45, 2.75) is 155 Å². The zero-order chi connectivity index (χ0) is 23.4. The number of ether oxygens (including phenoxy) is 1. The highest BCUT2D eigenvalue weighted by Gasteiger charge is 2.37. The molecular weight excluding hydrogens is 400 g/mol. The quantitative estimate of drug-likeness (QED) is 0.149. The van der Waals surface area contributed by atoms with Crippen LogP contribution in [0.15, 0.2) is 0 Å². The molecule has 0 heterocycles. The average molecular weight is 453 g/mol. The molecule has 1 saturated carbocycles. The second kappa shape index (κ2) is 19.4. The minimum absolute atomic E-state index is 0.0328. The summed E-state index contributed by atoms with van der Waals surface area (Å²) in [5, 5.41) is 9.52. The van der Waals surface area contributed by atoms with Gasteiger partial charge in [-0.1, -0.05) is 110 Å². The number of hydrogen-bond acceptors (Lipinski definition) is 3. The van der Waals surface area contributed by atoms with Crippen LogP contribution in [-0.2, 0) is 14.3 Å². The van der Waals surface area contributed by atoms with Gasteiger partial charge in [-0.3, -0.25) is 9.59 Å². The van der Waals surface area contributed by atoms with Gasteiger partial charge < -0.3 is 9.84 Å². The van der Waals surface area contributed by atoms with E-state index in [0.717, 1.165) is 38.5 Å². The zero-order valence-electron chi connectivity index (χ0n) is 21.3. The highest BCUT2D eigenvalue weighted by molar-refractivity contribution is 5.81.